The number of hydrogen-bond acceptors (Lipinski definition) is 6. The van der Waals surface area contributed by atoms with Gasteiger partial charge in [-0.25, -0.2) is 4.99 Å². The molecule has 8 nitrogen and oxygen atoms in total. The molecule has 1 aliphatic rings. The fraction of sp³-hybridized carbons (Fsp3) is 0.241. The molecule has 5 N–H and O–H groups in total. The van der Waals surface area contributed by atoms with Crippen LogP contribution in [0.5, 0.6) is 0 Å². The molecule has 0 radical (unpaired) electrons. The Morgan fingerprint density at radius 2 is 1.58 bits per heavy atom. The number of aliphatic imine (C=N–C) groups is 1. The Kier molecular flexibility index (Phi) is 9.29. The number of hydrogen-bond donors (Lipinski definition) is 3. The van der Waals surface area contributed by atoms with E-state index in [2.05, 4.69) is 10.3 Å². The molecule has 3 aromatic rings. The van der Waals surface area contributed by atoms with Crippen molar-refractivity contribution in [1.29, 1.82) is 0 Å². The molecule has 0 saturated carbocycles. The third kappa shape index (κ3) is 6.87. The van der Waals surface area contributed by atoms with Crippen LogP contribution in [0.1, 0.15) is 18.4 Å². The molecule has 1 saturated heterocycles. The molecule has 1 aliphatic heterocycles. The summed E-state index contributed by atoms with van der Waals surface area (Å²) < 4.78 is 0. The van der Waals surface area contributed by atoms with Crippen LogP contribution in [0.3, 0.4) is 0 Å². The van der Waals surface area contributed by atoms with Crippen LogP contribution >= 0.6 is 11.8 Å². The van der Waals surface area contributed by atoms with Crippen LogP contribution in [0, 0.1) is 0 Å². The van der Waals surface area contributed by atoms with Gasteiger partial charge >= 0.3 is 0 Å². The number of amidine groups is 1. The first-order valence-corrected chi connectivity index (χ1v) is 13.5. The molecule has 0 unspecified atom stereocenters. The molecule has 3 amide bonds. The number of thioether (sulfide) groups is 1. The Balaban J connectivity index is 1.51. The fourth-order valence-corrected chi connectivity index (χ4v) is 5.19. The van der Waals surface area contributed by atoms with Crippen molar-refractivity contribution >= 4 is 40.3 Å². The second kappa shape index (κ2) is 13.0. The van der Waals surface area contributed by atoms with Gasteiger partial charge in [-0.15, -0.1) is 0 Å². The van der Waals surface area contributed by atoms with Gasteiger partial charge in [-0.1, -0.05) is 84.6 Å². The Morgan fingerprint density at radius 3 is 2.21 bits per heavy atom. The van der Waals surface area contributed by atoms with Gasteiger partial charge in [-0.05, 0) is 48.2 Å². The van der Waals surface area contributed by atoms with Gasteiger partial charge in [-0.2, -0.15) is 0 Å². The number of nitrogens with two attached hydrogens (primary N) is 2. The minimum absolute atomic E-state index is 0.186. The van der Waals surface area contributed by atoms with E-state index in [1.54, 1.807) is 0 Å². The summed E-state index contributed by atoms with van der Waals surface area (Å²) in [6.45, 7) is 0.358. The zero-order valence-electron chi connectivity index (χ0n) is 21.0. The van der Waals surface area contributed by atoms with Crippen molar-refractivity contribution < 1.29 is 14.4 Å². The van der Waals surface area contributed by atoms with E-state index in [1.807, 2.05) is 84.9 Å². The molecule has 3 aromatic carbocycles. The molecular formula is C29H31N5O3S. The Hall–Kier alpha value is -3.95. The molecule has 0 spiro atoms. The maximum atomic E-state index is 13.5. The molecule has 196 valence electrons. The average Bonchev–Trinajstić information content (AvgIpc) is 3.29. The van der Waals surface area contributed by atoms with Gasteiger partial charge in [0.1, 0.15) is 12.1 Å². The van der Waals surface area contributed by atoms with Gasteiger partial charge in [0.05, 0.1) is 11.4 Å². The zero-order valence-corrected chi connectivity index (χ0v) is 21.8. The standard InChI is InChI=1S/C29H31N5O3S/c30-17-7-12-25(34-26(35)19-38-29(34)32-23-10-5-2-6-11-23)28(37)33-24(27(31)36)18-20-13-15-22(16-14-20)21-8-3-1-4-9-21/h1-6,8-11,13-16,24-25H,7,12,17-19,30H2,(H2,31,36)(H,33,37)/b32-29-/t24-,25-/m0/s1. The van der Waals surface area contributed by atoms with Crippen molar-refractivity contribution in [1.82, 2.24) is 10.2 Å². The van der Waals surface area contributed by atoms with E-state index >= 15 is 0 Å². The van der Waals surface area contributed by atoms with E-state index in [-0.39, 0.29) is 18.1 Å². The van der Waals surface area contributed by atoms with Gasteiger partial charge in [0, 0.05) is 6.42 Å². The topological polar surface area (TPSA) is 131 Å². The second-order valence-electron chi connectivity index (χ2n) is 8.96. The lowest BCUT2D eigenvalue weighted by Gasteiger charge is -2.28. The molecule has 0 aliphatic carbocycles. The molecule has 1 fully saturated rings. The SMILES string of the molecule is NCCC[C@@H](C(=O)N[C@@H](Cc1ccc(-c2ccccc2)cc1)C(N)=O)N1C(=O)CS/C1=N\c1ccccc1. The normalized spacial score (nSPS) is 15.9. The monoisotopic (exact) mass is 529 g/mol. The third-order valence-corrected chi connectivity index (χ3v) is 7.17. The lowest BCUT2D eigenvalue weighted by Crippen LogP contribution is -2.55. The summed E-state index contributed by atoms with van der Waals surface area (Å²) in [6, 6.07) is 25.2. The molecule has 4 rings (SSSR count). The maximum Gasteiger partial charge on any atom is 0.243 e. The van der Waals surface area contributed by atoms with Crippen LogP contribution < -0.4 is 16.8 Å². The van der Waals surface area contributed by atoms with Gasteiger partial charge in [0.15, 0.2) is 5.17 Å². The summed E-state index contributed by atoms with van der Waals surface area (Å²) in [6.07, 6.45) is 1.08. The Morgan fingerprint density at radius 1 is 0.947 bits per heavy atom. The highest BCUT2D eigenvalue weighted by Gasteiger charge is 2.39. The first-order valence-electron chi connectivity index (χ1n) is 12.5. The van der Waals surface area contributed by atoms with Crippen molar-refractivity contribution in [3.05, 3.63) is 90.5 Å². The van der Waals surface area contributed by atoms with E-state index in [4.69, 9.17) is 11.5 Å². The molecule has 9 heteroatoms. The van der Waals surface area contributed by atoms with Crippen LogP contribution in [0.25, 0.3) is 11.1 Å². The molecule has 0 aromatic heterocycles. The van der Waals surface area contributed by atoms with Gasteiger partial charge < -0.3 is 16.8 Å². The first kappa shape index (κ1) is 27.1. The van der Waals surface area contributed by atoms with Crippen molar-refractivity contribution in [3.8, 4) is 11.1 Å². The highest BCUT2D eigenvalue weighted by Crippen LogP contribution is 2.27. The van der Waals surface area contributed by atoms with E-state index in [0.29, 0.717) is 30.2 Å². The van der Waals surface area contributed by atoms with Crippen LogP contribution in [-0.2, 0) is 20.8 Å². The quantitative estimate of drug-likeness (QED) is 0.351. The largest absolute Gasteiger partial charge is 0.368 e. The number of primary amides is 1. The van der Waals surface area contributed by atoms with Crippen molar-refractivity contribution in [2.75, 3.05) is 12.3 Å². The van der Waals surface area contributed by atoms with Crippen molar-refractivity contribution in [2.24, 2.45) is 16.5 Å². The number of carbonyl (C=O) groups excluding carboxylic acids is 3. The average molecular weight is 530 g/mol. The van der Waals surface area contributed by atoms with Gasteiger partial charge in [0.2, 0.25) is 17.7 Å². The summed E-state index contributed by atoms with van der Waals surface area (Å²) in [5.41, 5.74) is 15.1. The number of carbonyl (C=O) groups is 3. The number of nitrogens with zero attached hydrogens (tertiary/aromatic N) is 2. The summed E-state index contributed by atoms with van der Waals surface area (Å²) in [5, 5.41) is 3.24. The van der Waals surface area contributed by atoms with Crippen molar-refractivity contribution in [2.45, 2.75) is 31.3 Å². The minimum atomic E-state index is -0.940. The molecular weight excluding hydrogens is 498 g/mol. The van der Waals surface area contributed by atoms with Crippen molar-refractivity contribution in [3.63, 3.8) is 0 Å². The van der Waals surface area contributed by atoms with Crippen LogP contribution in [0.15, 0.2) is 89.9 Å². The minimum Gasteiger partial charge on any atom is -0.368 e. The summed E-state index contributed by atoms with van der Waals surface area (Å²) >= 11 is 1.28. The maximum absolute atomic E-state index is 13.5. The van der Waals surface area contributed by atoms with E-state index in [0.717, 1.165) is 16.7 Å². The molecule has 1 heterocycles. The smallest absolute Gasteiger partial charge is 0.243 e. The zero-order chi connectivity index (χ0) is 26.9. The first-order chi connectivity index (χ1) is 18.5. The number of para-hydroxylation sites is 1. The number of rotatable bonds is 11. The summed E-state index contributed by atoms with van der Waals surface area (Å²) in [4.78, 5) is 44.7. The Bertz CT molecular complexity index is 1280. The molecule has 38 heavy (non-hydrogen) atoms. The highest BCUT2D eigenvalue weighted by molar-refractivity contribution is 8.15. The van der Waals surface area contributed by atoms with Gasteiger partial charge in [0.25, 0.3) is 0 Å². The lowest BCUT2D eigenvalue weighted by molar-refractivity contribution is -0.135. The predicted octanol–water partition coefficient (Wildman–Crippen LogP) is 3.24. The fourth-order valence-electron chi connectivity index (χ4n) is 4.26. The molecule has 0 bridgehead atoms. The highest BCUT2D eigenvalue weighted by atomic mass is 32.2. The van der Waals surface area contributed by atoms with Gasteiger partial charge in [-0.3, -0.25) is 19.3 Å². The van der Waals surface area contributed by atoms with Crippen LogP contribution in [0.4, 0.5) is 5.69 Å². The number of nitrogens with one attached hydrogen (secondary N) is 1. The molecule has 2 atom stereocenters. The van der Waals surface area contributed by atoms with Crippen LogP contribution in [-0.4, -0.2) is 52.2 Å². The number of amides is 3. The second-order valence-corrected chi connectivity index (χ2v) is 9.90. The van der Waals surface area contributed by atoms with E-state index < -0.39 is 23.9 Å². The summed E-state index contributed by atoms with van der Waals surface area (Å²) in [7, 11) is 0. The summed E-state index contributed by atoms with van der Waals surface area (Å²) in [5.74, 6) is -1.14. The van der Waals surface area contributed by atoms with Crippen LogP contribution in [0.2, 0.25) is 0 Å². The number of benzene rings is 3. The third-order valence-electron chi connectivity index (χ3n) is 6.24. The lowest BCUT2D eigenvalue weighted by atomic mass is 10.00. The van der Waals surface area contributed by atoms with E-state index in [1.165, 1.54) is 16.7 Å². The Labute approximate surface area is 226 Å². The predicted molar refractivity (Wildman–Crippen MR) is 152 cm³/mol. The van der Waals surface area contributed by atoms with E-state index in [9.17, 15) is 14.4 Å².